The van der Waals surface area contributed by atoms with Crippen molar-refractivity contribution < 1.29 is 44.7 Å². The van der Waals surface area contributed by atoms with Gasteiger partial charge in [-0.2, -0.15) is 0 Å². The number of carboxylic acid groups (broad SMARTS) is 4. The minimum absolute atomic E-state index is 0.229. The molecule has 0 aromatic rings. The molecule has 30 heavy (non-hydrogen) atoms. The molecule has 1 aliphatic rings. The van der Waals surface area contributed by atoms with Crippen molar-refractivity contribution >= 4 is 23.9 Å². The van der Waals surface area contributed by atoms with Crippen LogP contribution in [0.4, 0.5) is 0 Å². The number of aliphatic hydroxyl groups is 1. The van der Waals surface area contributed by atoms with Crippen molar-refractivity contribution in [2.75, 3.05) is 85.6 Å². The first-order valence-electron chi connectivity index (χ1n) is 9.37. The smallest absolute Gasteiger partial charge is 0.317 e. The van der Waals surface area contributed by atoms with Crippen molar-refractivity contribution in [2.24, 2.45) is 0 Å². The summed E-state index contributed by atoms with van der Waals surface area (Å²) in [5, 5.41) is 43.3. The molecule has 1 heterocycles. The van der Waals surface area contributed by atoms with Gasteiger partial charge in [0.05, 0.1) is 26.2 Å². The Balaban J connectivity index is 0.00000407. The van der Waals surface area contributed by atoms with E-state index in [-0.39, 0.29) is 26.2 Å². The Morgan fingerprint density at radius 2 is 0.600 bits per heavy atom. The zero-order valence-corrected chi connectivity index (χ0v) is 17.1. The largest absolute Gasteiger partial charge is 0.480 e. The van der Waals surface area contributed by atoms with Gasteiger partial charge in [-0.15, -0.1) is 0 Å². The zero-order valence-electron chi connectivity index (χ0n) is 17.1. The molecular weight excluding hydrogens is 404 g/mol. The molecule has 0 aromatic carbocycles. The molecule has 13 nitrogen and oxygen atoms in total. The fourth-order valence-electron chi connectivity index (χ4n) is 2.98. The molecule has 0 unspecified atom stereocenters. The lowest BCUT2D eigenvalue weighted by molar-refractivity contribution is -0.141. The van der Waals surface area contributed by atoms with Gasteiger partial charge in [0.2, 0.25) is 0 Å². The van der Waals surface area contributed by atoms with Crippen molar-refractivity contribution in [2.45, 2.75) is 0 Å². The second-order valence-electron chi connectivity index (χ2n) is 6.68. The maximum Gasteiger partial charge on any atom is 0.317 e. The van der Waals surface area contributed by atoms with Crippen molar-refractivity contribution in [3.8, 4) is 0 Å². The summed E-state index contributed by atoms with van der Waals surface area (Å²) >= 11 is 0. The molecule has 1 fully saturated rings. The lowest BCUT2D eigenvalue weighted by atomic mass is 10.3. The topological polar surface area (TPSA) is 182 Å². The van der Waals surface area contributed by atoms with Crippen molar-refractivity contribution in [1.29, 1.82) is 0 Å². The van der Waals surface area contributed by atoms with Crippen LogP contribution < -0.4 is 0 Å². The summed E-state index contributed by atoms with van der Waals surface area (Å²) in [6, 6.07) is 0. The summed E-state index contributed by atoms with van der Waals surface area (Å²) in [5.74, 6) is -4.08. The van der Waals surface area contributed by atoms with Crippen molar-refractivity contribution in [3.05, 3.63) is 0 Å². The predicted molar refractivity (Wildman–Crippen MR) is 104 cm³/mol. The summed E-state index contributed by atoms with van der Waals surface area (Å²) in [6.45, 7) is 1.52. The summed E-state index contributed by atoms with van der Waals surface area (Å²) < 4.78 is 0. The first kappa shape index (κ1) is 27.7. The van der Waals surface area contributed by atoms with E-state index < -0.39 is 23.9 Å². The second kappa shape index (κ2) is 15.5. The molecule has 1 rings (SSSR count). The van der Waals surface area contributed by atoms with Gasteiger partial charge < -0.3 is 25.5 Å². The van der Waals surface area contributed by atoms with Gasteiger partial charge in [-0.3, -0.25) is 38.8 Å². The quantitative estimate of drug-likeness (QED) is 0.262. The first-order valence-corrected chi connectivity index (χ1v) is 9.37. The SMILES string of the molecule is CO.O=C(O)CN1CCN(CC(=O)O)CCN(CC(=O)O)CCN(CC(=O)O)CC1. The van der Waals surface area contributed by atoms with Gasteiger partial charge in [0.25, 0.3) is 0 Å². The minimum atomic E-state index is -1.02. The molecule has 0 bridgehead atoms. The van der Waals surface area contributed by atoms with E-state index in [1.807, 2.05) is 0 Å². The molecule has 1 aliphatic heterocycles. The molecule has 5 N–H and O–H groups in total. The van der Waals surface area contributed by atoms with Gasteiger partial charge in [-0.1, -0.05) is 0 Å². The highest BCUT2D eigenvalue weighted by Gasteiger charge is 2.20. The standard InChI is InChI=1S/C16H28N4O8.CH4O/c21-13(22)9-17-1-2-18(10-14(23)24)5-6-20(12-16(27)28)8-7-19(4-3-17)11-15(25)26;1-2/h1-12H2,(H,21,22)(H,23,24)(H,25,26)(H,27,28);2H,1H3. The van der Waals surface area contributed by atoms with E-state index in [0.29, 0.717) is 52.4 Å². The number of rotatable bonds is 8. The Hall–Kier alpha value is -2.32. The highest BCUT2D eigenvalue weighted by molar-refractivity contribution is 5.70. The van der Waals surface area contributed by atoms with Crippen molar-refractivity contribution in [3.63, 3.8) is 0 Å². The third-order valence-electron chi connectivity index (χ3n) is 4.37. The number of carboxylic acids is 4. The second-order valence-corrected chi connectivity index (χ2v) is 6.68. The maximum atomic E-state index is 11.1. The highest BCUT2D eigenvalue weighted by Crippen LogP contribution is 2.01. The molecule has 0 aromatic heterocycles. The van der Waals surface area contributed by atoms with Gasteiger partial charge in [-0.05, 0) is 0 Å². The third-order valence-corrected chi connectivity index (χ3v) is 4.37. The van der Waals surface area contributed by atoms with E-state index >= 15 is 0 Å². The Kier molecular flexibility index (Phi) is 14.3. The van der Waals surface area contributed by atoms with Crippen LogP contribution in [-0.4, -0.2) is 155 Å². The lowest BCUT2D eigenvalue weighted by Gasteiger charge is -2.32. The average molecular weight is 436 g/mol. The number of nitrogens with zero attached hydrogens (tertiary/aromatic N) is 4. The van der Waals surface area contributed by atoms with Crippen LogP contribution in [-0.2, 0) is 19.2 Å². The number of hydrogen-bond donors (Lipinski definition) is 5. The van der Waals surface area contributed by atoms with E-state index in [9.17, 15) is 19.2 Å². The van der Waals surface area contributed by atoms with Crippen LogP contribution in [0, 0.1) is 0 Å². The molecule has 174 valence electrons. The molecular formula is C17H32N4O9. The van der Waals surface area contributed by atoms with Crippen LogP contribution in [0.2, 0.25) is 0 Å². The Morgan fingerprint density at radius 1 is 0.467 bits per heavy atom. The fraction of sp³-hybridized carbons (Fsp3) is 0.765. The zero-order chi connectivity index (χ0) is 23.1. The number of aliphatic carboxylic acids is 4. The van der Waals surface area contributed by atoms with Crippen LogP contribution in [0.15, 0.2) is 0 Å². The Bertz CT molecular complexity index is 449. The van der Waals surface area contributed by atoms with Crippen LogP contribution in [0.5, 0.6) is 0 Å². The molecule has 0 aliphatic carbocycles. The number of carbonyl (C=O) groups is 4. The van der Waals surface area contributed by atoms with E-state index in [4.69, 9.17) is 25.5 Å². The summed E-state index contributed by atoms with van der Waals surface area (Å²) in [6.07, 6.45) is 0. The van der Waals surface area contributed by atoms with E-state index in [2.05, 4.69) is 0 Å². The van der Waals surface area contributed by atoms with E-state index in [1.54, 1.807) is 19.6 Å². The molecule has 0 radical (unpaired) electrons. The third kappa shape index (κ3) is 13.8. The molecule has 0 spiro atoms. The Morgan fingerprint density at radius 3 is 0.700 bits per heavy atom. The van der Waals surface area contributed by atoms with E-state index in [1.165, 1.54) is 0 Å². The summed E-state index contributed by atoms with van der Waals surface area (Å²) in [4.78, 5) is 50.9. The molecule has 1 saturated heterocycles. The molecule has 0 atom stereocenters. The number of aliphatic hydroxyl groups excluding tert-OH is 1. The van der Waals surface area contributed by atoms with Gasteiger partial charge in [-0.25, -0.2) is 0 Å². The van der Waals surface area contributed by atoms with Gasteiger partial charge in [0, 0.05) is 59.5 Å². The van der Waals surface area contributed by atoms with E-state index in [0.717, 1.165) is 7.11 Å². The van der Waals surface area contributed by atoms with Gasteiger partial charge in [0.1, 0.15) is 0 Å². The maximum absolute atomic E-state index is 11.1. The summed E-state index contributed by atoms with van der Waals surface area (Å²) in [5.41, 5.74) is 0. The fourth-order valence-corrected chi connectivity index (χ4v) is 2.98. The molecule has 0 amide bonds. The minimum Gasteiger partial charge on any atom is -0.480 e. The van der Waals surface area contributed by atoms with Gasteiger partial charge >= 0.3 is 23.9 Å². The molecule has 13 heteroatoms. The average Bonchev–Trinajstić information content (AvgIpc) is 2.64. The number of hydrogen-bond acceptors (Lipinski definition) is 9. The Labute approximate surface area is 174 Å². The predicted octanol–water partition coefficient (Wildman–Crippen LogP) is -2.85. The molecule has 0 saturated carbocycles. The highest BCUT2D eigenvalue weighted by atomic mass is 16.4. The van der Waals surface area contributed by atoms with Crippen molar-refractivity contribution in [1.82, 2.24) is 19.6 Å². The van der Waals surface area contributed by atoms with Crippen LogP contribution in [0.3, 0.4) is 0 Å². The van der Waals surface area contributed by atoms with Crippen LogP contribution >= 0.6 is 0 Å². The normalized spacial score (nSPS) is 18.3. The summed E-state index contributed by atoms with van der Waals surface area (Å²) in [7, 11) is 1.00. The van der Waals surface area contributed by atoms with Crippen LogP contribution in [0.25, 0.3) is 0 Å². The van der Waals surface area contributed by atoms with Crippen LogP contribution in [0.1, 0.15) is 0 Å². The monoisotopic (exact) mass is 436 g/mol. The first-order chi connectivity index (χ1) is 14.2. The van der Waals surface area contributed by atoms with Gasteiger partial charge in [0.15, 0.2) is 0 Å². The lowest BCUT2D eigenvalue weighted by Crippen LogP contribution is -2.49.